The molecule has 0 bridgehead atoms. The number of Topliss-reactive ketones (excluding diaryl/α,β-unsaturated/α-hetero) is 1. The van der Waals surface area contributed by atoms with Crippen LogP contribution in [0.2, 0.25) is 0 Å². The summed E-state index contributed by atoms with van der Waals surface area (Å²) >= 11 is 0. The Balaban J connectivity index is 2.24. The fraction of sp³-hybridized carbons (Fsp3) is 0.833. The molecule has 1 aliphatic carbocycles. The summed E-state index contributed by atoms with van der Waals surface area (Å²) in [5, 5.41) is 0. The summed E-state index contributed by atoms with van der Waals surface area (Å²) < 4.78 is 4.87. The highest BCUT2D eigenvalue weighted by Gasteiger charge is 2.18. The highest BCUT2D eigenvalue weighted by Crippen LogP contribution is 2.24. The number of hydrogen-bond donors (Lipinski definition) is 0. The van der Waals surface area contributed by atoms with Gasteiger partial charge < -0.3 is 4.74 Å². The average Bonchev–Trinajstić information content (AvgIpc) is 2.40. The second-order valence-electron chi connectivity index (χ2n) is 4.20. The van der Waals surface area contributed by atoms with Gasteiger partial charge in [0.25, 0.3) is 0 Å². The maximum atomic E-state index is 11.3. The molecular weight excluding hydrogens is 192 g/mol. The fourth-order valence-electron chi connectivity index (χ4n) is 2.08. The van der Waals surface area contributed by atoms with Gasteiger partial charge in [0.15, 0.2) is 0 Å². The zero-order valence-electron chi connectivity index (χ0n) is 9.46. The molecule has 1 rings (SSSR count). The first kappa shape index (κ1) is 12.2. The molecule has 0 aromatic carbocycles. The number of carbonyl (C=O) groups excluding carboxylic acids is 2. The molecule has 0 heterocycles. The molecule has 1 fully saturated rings. The van der Waals surface area contributed by atoms with E-state index >= 15 is 0 Å². The fourth-order valence-corrected chi connectivity index (χ4v) is 2.08. The maximum Gasteiger partial charge on any atom is 0.305 e. The Morgan fingerprint density at radius 3 is 3.00 bits per heavy atom. The van der Waals surface area contributed by atoms with Gasteiger partial charge in [-0.2, -0.15) is 0 Å². The second kappa shape index (κ2) is 6.59. The lowest BCUT2D eigenvalue weighted by molar-refractivity contribution is -0.143. The van der Waals surface area contributed by atoms with Crippen LogP contribution in [-0.2, 0) is 14.3 Å². The van der Waals surface area contributed by atoms with Crippen LogP contribution < -0.4 is 0 Å². The van der Waals surface area contributed by atoms with Crippen molar-refractivity contribution in [2.24, 2.45) is 5.92 Å². The number of ether oxygens (including phenoxy) is 1. The summed E-state index contributed by atoms with van der Waals surface area (Å²) in [6.45, 7) is 2.26. The van der Waals surface area contributed by atoms with E-state index in [9.17, 15) is 9.59 Å². The van der Waals surface area contributed by atoms with Crippen molar-refractivity contribution in [1.29, 1.82) is 0 Å². The molecule has 15 heavy (non-hydrogen) atoms. The molecular formula is C12H20O3. The van der Waals surface area contributed by atoms with Gasteiger partial charge in [-0.15, -0.1) is 0 Å². The van der Waals surface area contributed by atoms with E-state index in [1.54, 1.807) is 0 Å². The molecule has 0 radical (unpaired) electrons. The molecule has 0 aliphatic heterocycles. The SMILES string of the molecule is CCOC(=O)CCC1CCCCC(=O)C1. The van der Waals surface area contributed by atoms with Gasteiger partial charge in [-0.05, 0) is 32.1 Å². The van der Waals surface area contributed by atoms with Gasteiger partial charge in [0.1, 0.15) is 5.78 Å². The standard InChI is InChI=1S/C12H20O3/c1-2-15-12(14)8-7-10-5-3-4-6-11(13)9-10/h10H,2-9H2,1H3. The van der Waals surface area contributed by atoms with Gasteiger partial charge in [0.05, 0.1) is 6.61 Å². The van der Waals surface area contributed by atoms with Crippen LogP contribution in [0.3, 0.4) is 0 Å². The van der Waals surface area contributed by atoms with E-state index in [-0.39, 0.29) is 5.97 Å². The molecule has 0 spiro atoms. The van der Waals surface area contributed by atoms with E-state index in [0.29, 0.717) is 31.1 Å². The lowest BCUT2D eigenvalue weighted by Gasteiger charge is -2.11. The highest BCUT2D eigenvalue weighted by molar-refractivity contribution is 5.78. The van der Waals surface area contributed by atoms with Crippen LogP contribution in [0.25, 0.3) is 0 Å². The molecule has 1 atom stereocenters. The molecule has 3 nitrogen and oxygen atoms in total. The summed E-state index contributed by atoms with van der Waals surface area (Å²) in [6, 6.07) is 0. The summed E-state index contributed by atoms with van der Waals surface area (Å²) in [5.41, 5.74) is 0. The first-order chi connectivity index (χ1) is 7.22. The van der Waals surface area contributed by atoms with Gasteiger partial charge in [0.2, 0.25) is 0 Å². The lowest BCUT2D eigenvalue weighted by atomic mass is 9.95. The van der Waals surface area contributed by atoms with Crippen molar-refractivity contribution in [2.45, 2.75) is 51.9 Å². The Labute approximate surface area is 91.2 Å². The Bertz CT molecular complexity index is 223. The van der Waals surface area contributed by atoms with E-state index in [0.717, 1.165) is 32.1 Å². The monoisotopic (exact) mass is 212 g/mol. The van der Waals surface area contributed by atoms with Crippen molar-refractivity contribution in [3.8, 4) is 0 Å². The number of ketones is 1. The molecule has 0 aromatic heterocycles. The first-order valence-corrected chi connectivity index (χ1v) is 5.89. The third-order valence-electron chi connectivity index (χ3n) is 2.90. The number of esters is 1. The number of carbonyl (C=O) groups is 2. The van der Waals surface area contributed by atoms with E-state index in [1.807, 2.05) is 6.92 Å². The molecule has 0 amide bonds. The van der Waals surface area contributed by atoms with Crippen LogP contribution in [0.5, 0.6) is 0 Å². The number of rotatable bonds is 4. The topological polar surface area (TPSA) is 43.4 Å². The highest BCUT2D eigenvalue weighted by atomic mass is 16.5. The zero-order valence-corrected chi connectivity index (χ0v) is 9.46. The first-order valence-electron chi connectivity index (χ1n) is 5.89. The summed E-state index contributed by atoms with van der Waals surface area (Å²) in [6.07, 6.45) is 5.91. The van der Waals surface area contributed by atoms with Crippen molar-refractivity contribution in [3.05, 3.63) is 0 Å². The normalized spacial score (nSPS) is 22.2. The van der Waals surface area contributed by atoms with Crippen molar-refractivity contribution in [1.82, 2.24) is 0 Å². The van der Waals surface area contributed by atoms with Crippen LogP contribution in [0.1, 0.15) is 51.9 Å². The molecule has 1 unspecified atom stereocenters. The van der Waals surface area contributed by atoms with Crippen LogP contribution in [0, 0.1) is 5.92 Å². The van der Waals surface area contributed by atoms with Crippen LogP contribution in [0.15, 0.2) is 0 Å². The van der Waals surface area contributed by atoms with E-state index in [4.69, 9.17) is 4.74 Å². The molecule has 0 N–H and O–H groups in total. The molecule has 0 saturated heterocycles. The molecule has 86 valence electrons. The van der Waals surface area contributed by atoms with Crippen LogP contribution in [-0.4, -0.2) is 18.4 Å². The Morgan fingerprint density at radius 2 is 2.27 bits per heavy atom. The Hall–Kier alpha value is -0.860. The lowest BCUT2D eigenvalue weighted by Crippen LogP contribution is -2.10. The predicted molar refractivity (Wildman–Crippen MR) is 57.4 cm³/mol. The average molecular weight is 212 g/mol. The quantitative estimate of drug-likeness (QED) is 0.531. The molecule has 3 heteroatoms. The van der Waals surface area contributed by atoms with Gasteiger partial charge in [-0.3, -0.25) is 9.59 Å². The molecule has 1 saturated carbocycles. The summed E-state index contributed by atoms with van der Waals surface area (Å²) in [5.74, 6) is 0.639. The minimum absolute atomic E-state index is 0.130. The van der Waals surface area contributed by atoms with Crippen LogP contribution >= 0.6 is 0 Å². The maximum absolute atomic E-state index is 11.3. The zero-order chi connectivity index (χ0) is 11.1. The smallest absolute Gasteiger partial charge is 0.305 e. The number of hydrogen-bond acceptors (Lipinski definition) is 3. The largest absolute Gasteiger partial charge is 0.466 e. The Kier molecular flexibility index (Phi) is 5.37. The second-order valence-corrected chi connectivity index (χ2v) is 4.20. The van der Waals surface area contributed by atoms with Gasteiger partial charge >= 0.3 is 5.97 Å². The van der Waals surface area contributed by atoms with Crippen molar-refractivity contribution >= 4 is 11.8 Å². The van der Waals surface area contributed by atoms with Gasteiger partial charge in [-0.1, -0.05) is 6.42 Å². The summed E-state index contributed by atoms with van der Waals surface area (Å²) in [7, 11) is 0. The Morgan fingerprint density at radius 1 is 1.47 bits per heavy atom. The molecule has 0 aromatic rings. The minimum Gasteiger partial charge on any atom is -0.466 e. The molecule has 1 aliphatic rings. The predicted octanol–water partition coefficient (Wildman–Crippen LogP) is 2.48. The van der Waals surface area contributed by atoms with Crippen molar-refractivity contribution in [2.75, 3.05) is 6.61 Å². The van der Waals surface area contributed by atoms with Crippen LogP contribution in [0.4, 0.5) is 0 Å². The third kappa shape index (κ3) is 4.96. The van der Waals surface area contributed by atoms with Gasteiger partial charge in [0, 0.05) is 19.3 Å². The van der Waals surface area contributed by atoms with Crippen molar-refractivity contribution < 1.29 is 14.3 Å². The van der Waals surface area contributed by atoms with E-state index < -0.39 is 0 Å². The minimum atomic E-state index is -0.130. The third-order valence-corrected chi connectivity index (χ3v) is 2.90. The summed E-state index contributed by atoms with van der Waals surface area (Å²) in [4.78, 5) is 22.5. The van der Waals surface area contributed by atoms with Crippen molar-refractivity contribution in [3.63, 3.8) is 0 Å². The van der Waals surface area contributed by atoms with Gasteiger partial charge in [-0.25, -0.2) is 0 Å². The van der Waals surface area contributed by atoms with E-state index in [2.05, 4.69) is 0 Å². The van der Waals surface area contributed by atoms with E-state index in [1.165, 1.54) is 0 Å².